The van der Waals surface area contributed by atoms with Crippen molar-refractivity contribution in [3.63, 3.8) is 0 Å². The van der Waals surface area contributed by atoms with E-state index < -0.39 is 0 Å². The van der Waals surface area contributed by atoms with Crippen LogP contribution < -0.4 is 14.2 Å². The summed E-state index contributed by atoms with van der Waals surface area (Å²) in [6, 6.07) is 7.98. The van der Waals surface area contributed by atoms with E-state index in [0.717, 1.165) is 11.1 Å². The van der Waals surface area contributed by atoms with Crippen molar-refractivity contribution in [3.8, 4) is 28.9 Å². The van der Waals surface area contributed by atoms with Gasteiger partial charge in [0.25, 0.3) is 5.95 Å². The highest BCUT2D eigenvalue weighted by atomic mass is 32.1. The molecule has 0 aliphatic heterocycles. The van der Waals surface area contributed by atoms with Gasteiger partial charge in [0.1, 0.15) is 0 Å². The van der Waals surface area contributed by atoms with Gasteiger partial charge in [-0.1, -0.05) is 6.07 Å². The number of nitrogens with zero attached hydrogens (tertiary/aromatic N) is 5. The SMILES string of the molecule is COc1ccc(CCOc2nc(N=NC(C)C)nc(-c3ccsc3)n2)cc1OC. The van der Waals surface area contributed by atoms with E-state index in [-0.39, 0.29) is 18.0 Å². The van der Waals surface area contributed by atoms with E-state index in [4.69, 9.17) is 14.2 Å². The number of methoxy groups -OCH3 is 2. The number of thiophene rings is 1. The Labute approximate surface area is 173 Å². The van der Waals surface area contributed by atoms with Crippen LogP contribution in [0, 0.1) is 0 Å². The molecule has 0 saturated carbocycles. The molecule has 2 heterocycles. The van der Waals surface area contributed by atoms with E-state index in [1.165, 1.54) is 0 Å². The summed E-state index contributed by atoms with van der Waals surface area (Å²) in [7, 11) is 3.23. The smallest absolute Gasteiger partial charge is 0.321 e. The average molecular weight is 414 g/mol. The van der Waals surface area contributed by atoms with E-state index in [1.54, 1.807) is 25.6 Å². The Balaban J connectivity index is 1.74. The molecular weight excluding hydrogens is 390 g/mol. The van der Waals surface area contributed by atoms with Crippen LogP contribution in [0.15, 0.2) is 45.3 Å². The topological polar surface area (TPSA) is 91.1 Å². The second kappa shape index (κ2) is 9.92. The lowest BCUT2D eigenvalue weighted by atomic mass is 10.1. The van der Waals surface area contributed by atoms with Crippen molar-refractivity contribution < 1.29 is 14.2 Å². The van der Waals surface area contributed by atoms with Gasteiger partial charge in [0.05, 0.1) is 26.9 Å². The van der Waals surface area contributed by atoms with Gasteiger partial charge >= 0.3 is 6.01 Å². The number of rotatable bonds is 9. The molecule has 1 aromatic carbocycles. The predicted octanol–water partition coefficient (Wildman–Crippen LogP) is 4.73. The zero-order chi connectivity index (χ0) is 20.6. The molecule has 29 heavy (non-hydrogen) atoms. The number of hydrogen-bond acceptors (Lipinski definition) is 9. The maximum Gasteiger partial charge on any atom is 0.321 e. The summed E-state index contributed by atoms with van der Waals surface area (Å²) in [5, 5.41) is 12.1. The van der Waals surface area contributed by atoms with E-state index in [1.807, 2.05) is 48.9 Å². The van der Waals surface area contributed by atoms with E-state index in [2.05, 4.69) is 25.2 Å². The van der Waals surface area contributed by atoms with Gasteiger partial charge < -0.3 is 14.2 Å². The summed E-state index contributed by atoms with van der Waals surface area (Å²) in [5.41, 5.74) is 1.94. The van der Waals surface area contributed by atoms with Crippen molar-refractivity contribution in [1.29, 1.82) is 0 Å². The first-order chi connectivity index (χ1) is 14.1. The summed E-state index contributed by atoms with van der Waals surface area (Å²) in [4.78, 5) is 13.0. The van der Waals surface area contributed by atoms with Crippen molar-refractivity contribution in [2.75, 3.05) is 20.8 Å². The van der Waals surface area contributed by atoms with Crippen LogP contribution in [-0.2, 0) is 6.42 Å². The summed E-state index contributed by atoms with van der Waals surface area (Å²) in [5.74, 6) is 2.12. The first-order valence-electron chi connectivity index (χ1n) is 9.12. The maximum absolute atomic E-state index is 5.79. The van der Waals surface area contributed by atoms with Crippen molar-refractivity contribution in [2.45, 2.75) is 26.3 Å². The number of aromatic nitrogens is 3. The Bertz CT molecular complexity index is 961. The van der Waals surface area contributed by atoms with Gasteiger partial charge in [0.2, 0.25) is 0 Å². The second-order valence-electron chi connectivity index (χ2n) is 6.35. The molecule has 0 bridgehead atoms. The van der Waals surface area contributed by atoms with Gasteiger partial charge in [-0.05, 0) is 43.0 Å². The zero-order valence-electron chi connectivity index (χ0n) is 16.8. The molecule has 0 N–H and O–H groups in total. The third kappa shape index (κ3) is 5.71. The van der Waals surface area contributed by atoms with Gasteiger partial charge in [-0.3, -0.25) is 0 Å². The van der Waals surface area contributed by atoms with Crippen LogP contribution in [0.4, 0.5) is 5.95 Å². The van der Waals surface area contributed by atoms with E-state index in [0.29, 0.717) is 30.4 Å². The molecular formula is C20H23N5O3S. The fourth-order valence-corrected chi connectivity index (χ4v) is 3.07. The molecule has 0 atom stereocenters. The Kier molecular flexibility index (Phi) is 7.07. The minimum atomic E-state index is 0.0470. The van der Waals surface area contributed by atoms with Crippen molar-refractivity contribution >= 4 is 17.3 Å². The van der Waals surface area contributed by atoms with Gasteiger partial charge in [0.15, 0.2) is 17.3 Å². The van der Waals surface area contributed by atoms with E-state index in [9.17, 15) is 0 Å². The minimum Gasteiger partial charge on any atom is -0.493 e. The molecule has 0 radical (unpaired) electrons. The summed E-state index contributed by atoms with van der Waals surface area (Å²) in [6.45, 7) is 4.26. The number of azo groups is 1. The van der Waals surface area contributed by atoms with E-state index >= 15 is 0 Å². The Morgan fingerprint density at radius 1 is 1.03 bits per heavy atom. The van der Waals surface area contributed by atoms with Crippen molar-refractivity contribution in [1.82, 2.24) is 15.0 Å². The standard InChI is InChI=1S/C20H23N5O3S/c1-13(2)24-25-19-21-18(15-8-10-29-12-15)22-20(23-19)28-9-7-14-5-6-16(26-3)17(11-14)27-4/h5-6,8,10-13H,7,9H2,1-4H3. The molecule has 0 aliphatic rings. The van der Waals surface area contributed by atoms with Crippen LogP contribution in [0.2, 0.25) is 0 Å². The van der Waals surface area contributed by atoms with Crippen molar-refractivity contribution in [2.24, 2.45) is 10.2 Å². The third-order valence-corrected chi connectivity index (χ3v) is 4.51. The Morgan fingerprint density at radius 3 is 2.55 bits per heavy atom. The molecule has 3 rings (SSSR count). The van der Waals surface area contributed by atoms with Crippen LogP contribution in [0.1, 0.15) is 19.4 Å². The highest BCUT2D eigenvalue weighted by Gasteiger charge is 2.11. The van der Waals surface area contributed by atoms with Crippen LogP contribution in [0.5, 0.6) is 17.5 Å². The lowest BCUT2D eigenvalue weighted by Gasteiger charge is -2.10. The molecule has 0 unspecified atom stereocenters. The number of ether oxygens (including phenoxy) is 3. The highest BCUT2D eigenvalue weighted by molar-refractivity contribution is 7.08. The van der Waals surface area contributed by atoms with Crippen LogP contribution >= 0.6 is 11.3 Å². The minimum absolute atomic E-state index is 0.0470. The molecule has 3 aromatic rings. The highest BCUT2D eigenvalue weighted by Crippen LogP contribution is 2.28. The quantitative estimate of drug-likeness (QED) is 0.471. The summed E-state index contributed by atoms with van der Waals surface area (Å²) >= 11 is 1.57. The fraction of sp³-hybridized carbons (Fsp3) is 0.350. The van der Waals surface area contributed by atoms with Gasteiger partial charge in [-0.25, -0.2) is 0 Å². The van der Waals surface area contributed by atoms with Gasteiger partial charge in [-0.2, -0.15) is 31.4 Å². The Hall–Kier alpha value is -3.07. The van der Waals surface area contributed by atoms with Gasteiger partial charge in [-0.15, -0.1) is 5.11 Å². The molecule has 2 aromatic heterocycles. The third-order valence-electron chi connectivity index (χ3n) is 3.83. The molecule has 0 saturated heterocycles. The van der Waals surface area contributed by atoms with Gasteiger partial charge in [0, 0.05) is 17.4 Å². The van der Waals surface area contributed by atoms with Crippen LogP contribution in [-0.4, -0.2) is 41.8 Å². The summed E-state index contributed by atoms with van der Waals surface area (Å²) < 4.78 is 16.4. The molecule has 0 amide bonds. The molecule has 0 fully saturated rings. The van der Waals surface area contributed by atoms with Crippen LogP contribution in [0.25, 0.3) is 11.4 Å². The average Bonchev–Trinajstić information content (AvgIpc) is 3.27. The molecule has 9 heteroatoms. The maximum atomic E-state index is 5.79. The first-order valence-corrected chi connectivity index (χ1v) is 10.1. The fourth-order valence-electron chi connectivity index (χ4n) is 2.44. The van der Waals surface area contributed by atoms with Crippen LogP contribution in [0.3, 0.4) is 0 Å². The van der Waals surface area contributed by atoms with Crippen molar-refractivity contribution in [3.05, 3.63) is 40.6 Å². The number of hydrogen-bond donors (Lipinski definition) is 0. The summed E-state index contributed by atoms with van der Waals surface area (Å²) in [6.07, 6.45) is 0.655. The monoisotopic (exact) mass is 413 g/mol. The largest absolute Gasteiger partial charge is 0.493 e. The normalized spacial score (nSPS) is 11.2. The lowest BCUT2D eigenvalue weighted by Crippen LogP contribution is -2.06. The molecule has 0 spiro atoms. The molecule has 0 aliphatic carbocycles. The molecule has 8 nitrogen and oxygen atoms in total. The second-order valence-corrected chi connectivity index (χ2v) is 7.13. The predicted molar refractivity (Wildman–Crippen MR) is 112 cm³/mol. The Morgan fingerprint density at radius 2 is 1.86 bits per heavy atom. The molecule has 152 valence electrons. The lowest BCUT2D eigenvalue weighted by molar-refractivity contribution is 0.295. The zero-order valence-corrected chi connectivity index (χ0v) is 17.6. The first kappa shape index (κ1) is 20.7. The number of benzene rings is 1.